The van der Waals surface area contributed by atoms with Crippen LogP contribution in [0, 0.1) is 11.8 Å². The Morgan fingerprint density at radius 1 is 1.07 bits per heavy atom. The number of nitrogens with one attached hydrogen (secondary N) is 1. The highest BCUT2D eigenvalue weighted by atomic mass is 35.5. The number of hydrogen-bond acceptors (Lipinski definition) is 5. The van der Waals surface area contributed by atoms with Gasteiger partial charge in [-0.15, -0.1) is 0 Å². The second-order valence-corrected chi connectivity index (χ2v) is 6.89. The Balaban J connectivity index is 1.42. The molecular formula is C19H19ClN2O5. The van der Waals surface area contributed by atoms with Crippen LogP contribution in [0.4, 0.5) is 5.69 Å². The molecule has 0 saturated carbocycles. The SMILES string of the molecule is O=C(COC(=O)CCN1C(=O)[C@H]2CC=CC[C@H]2C1=O)Nc1ccc(Cl)cc1. The molecule has 1 saturated heterocycles. The minimum Gasteiger partial charge on any atom is -0.456 e. The highest BCUT2D eigenvalue weighted by molar-refractivity contribution is 6.30. The summed E-state index contributed by atoms with van der Waals surface area (Å²) in [6.07, 6.45) is 4.79. The van der Waals surface area contributed by atoms with Crippen molar-refractivity contribution < 1.29 is 23.9 Å². The molecule has 1 aliphatic carbocycles. The predicted molar refractivity (Wildman–Crippen MR) is 97.7 cm³/mol. The molecule has 8 heteroatoms. The van der Waals surface area contributed by atoms with Gasteiger partial charge in [0.05, 0.1) is 18.3 Å². The van der Waals surface area contributed by atoms with E-state index in [1.807, 2.05) is 12.2 Å². The van der Waals surface area contributed by atoms with Crippen molar-refractivity contribution in [3.8, 4) is 0 Å². The number of carbonyl (C=O) groups excluding carboxylic acids is 4. The van der Waals surface area contributed by atoms with Crippen LogP contribution in [0.1, 0.15) is 19.3 Å². The van der Waals surface area contributed by atoms with Gasteiger partial charge in [-0.3, -0.25) is 24.1 Å². The van der Waals surface area contributed by atoms with Crippen LogP contribution in [0.5, 0.6) is 0 Å². The molecule has 142 valence electrons. The standard InChI is InChI=1S/C19H19ClN2O5/c20-12-5-7-13(8-6-12)21-16(23)11-27-17(24)9-10-22-18(25)14-3-1-2-4-15(14)19(22)26/h1-2,5-8,14-15H,3-4,9-11H2,(H,21,23)/t14-,15+. The van der Waals surface area contributed by atoms with Crippen LogP contribution in [-0.2, 0) is 23.9 Å². The molecule has 1 N–H and O–H groups in total. The van der Waals surface area contributed by atoms with Crippen molar-refractivity contribution in [1.29, 1.82) is 0 Å². The Hall–Kier alpha value is -2.67. The first-order valence-electron chi connectivity index (χ1n) is 8.67. The molecule has 0 aromatic heterocycles. The van der Waals surface area contributed by atoms with E-state index in [0.29, 0.717) is 23.6 Å². The van der Waals surface area contributed by atoms with Gasteiger partial charge in [0.2, 0.25) is 11.8 Å². The van der Waals surface area contributed by atoms with E-state index >= 15 is 0 Å². The van der Waals surface area contributed by atoms with E-state index < -0.39 is 18.5 Å². The fraction of sp³-hybridized carbons (Fsp3) is 0.368. The maximum absolute atomic E-state index is 12.3. The number of ether oxygens (including phenoxy) is 1. The Morgan fingerprint density at radius 3 is 2.26 bits per heavy atom. The summed E-state index contributed by atoms with van der Waals surface area (Å²) < 4.78 is 4.91. The van der Waals surface area contributed by atoms with Crippen LogP contribution in [0.25, 0.3) is 0 Å². The highest BCUT2D eigenvalue weighted by Crippen LogP contribution is 2.34. The summed E-state index contributed by atoms with van der Waals surface area (Å²) in [6, 6.07) is 6.50. The second kappa shape index (κ2) is 8.35. The summed E-state index contributed by atoms with van der Waals surface area (Å²) in [5.41, 5.74) is 0.532. The molecule has 0 radical (unpaired) electrons. The molecule has 1 fully saturated rings. The number of imide groups is 1. The predicted octanol–water partition coefficient (Wildman–Crippen LogP) is 2.16. The second-order valence-electron chi connectivity index (χ2n) is 6.45. The number of halogens is 1. The number of esters is 1. The minimum absolute atomic E-state index is 0.0255. The van der Waals surface area contributed by atoms with E-state index in [2.05, 4.69) is 5.32 Å². The monoisotopic (exact) mass is 390 g/mol. The zero-order valence-electron chi connectivity index (χ0n) is 14.5. The number of amides is 3. The van der Waals surface area contributed by atoms with Crippen molar-refractivity contribution >= 4 is 41.0 Å². The number of benzene rings is 1. The zero-order chi connectivity index (χ0) is 19.4. The molecule has 7 nitrogen and oxygen atoms in total. The maximum Gasteiger partial charge on any atom is 0.308 e. The van der Waals surface area contributed by atoms with Crippen molar-refractivity contribution in [2.45, 2.75) is 19.3 Å². The first-order valence-corrected chi connectivity index (χ1v) is 9.05. The first-order chi connectivity index (χ1) is 13.0. The number of nitrogens with zero attached hydrogens (tertiary/aromatic N) is 1. The molecule has 27 heavy (non-hydrogen) atoms. The minimum atomic E-state index is -0.644. The molecule has 1 aromatic carbocycles. The number of hydrogen-bond donors (Lipinski definition) is 1. The van der Waals surface area contributed by atoms with Crippen molar-refractivity contribution in [1.82, 2.24) is 4.90 Å². The van der Waals surface area contributed by atoms with Crippen LogP contribution in [0.2, 0.25) is 5.02 Å². The van der Waals surface area contributed by atoms with Gasteiger partial charge >= 0.3 is 5.97 Å². The normalized spacial score (nSPS) is 21.1. The molecule has 1 heterocycles. The molecule has 3 amide bonds. The Bertz CT molecular complexity index is 764. The molecule has 2 aliphatic rings. The molecule has 2 atom stereocenters. The quantitative estimate of drug-likeness (QED) is 0.456. The van der Waals surface area contributed by atoms with E-state index in [1.165, 1.54) is 0 Å². The molecule has 1 aliphatic heterocycles. The van der Waals surface area contributed by atoms with Gasteiger partial charge in [-0.2, -0.15) is 0 Å². The van der Waals surface area contributed by atoms with Crippen LogP contribution in [-0.4, -0.2) is 41.7 Å². The zero-order valence-corrected chi connectivity index (χ0v) is 15.3. The van der Waals surface area contributed by atoms with E-state index in [-0.39, 0.29) is 36.6 Å². The topological polar surface area (TPSA) is 92.8 Å². The number of allylic oxidation sites excluding steroid dienone is 2. The van der Waals surface area contributed by atoms with Gasteiger partial charge in [0.1, 0.15) is 0 Å². The lowest BCUT2D eigenvalue weighted by atomic mass is 9.85. The summed E-state index contributed by atoms with van der Waals surface area (Å²) in [5.74, 6) is -2.23. The third kappa shape index (κ3) is 4.54. The molecule has 1 aromatic rings. The number of rotatable bonds is 6. The molecule has 3 rings (SSSR count). The maximum atomic E-state index is 12.3. The smallest absolute Gasteiger partial charge is 0.308 e. The average Bonchev–Trinajstić information content (AvgIpc) is 2.91. The van der Waals surface area contributed by atoms with E-state index in [0.717, 1.165) is 4.90 Å². The molecule has 0 spiro atoms. The van der Waals surface area contributed by atoms with E-state index in [9.17, 15) is 19.2 Å². The summed E-state index contributed by atoms with van der Waals surface area (Å²) >= 11 is 5.76. The molecular weight excluding hydrogens is 372 g/mol. The number of anilines is 1. The lowest BCUT2D eigenvalue weighted by molar-refractivity contribution is -0.148. The van der Waals surface area contributed by atoms with Crippen LogP contribution < -0.4 is 5.32 Å². The van der Waals surface area contributed by atoms with Gasteiger partial charge in [-0.25, -0.2) is 0 Å². The van der Waals surface area contributed by atoms with Gasteiger partial charge in [0, 0.05) is 17.3 Å². The van der Waals surface area contributed by atoms with Crippen LogP contribution in [0.15, 0.2) is 36.4 Å². The Kier molecular flexibility index (Phi) is 5.91. The summed E-state index contributed by atoms with van der Waals surface area (Å²) in [6.45, 7) is -0.471. The fourth-order valence-corrected chi connectivity index (χ4v) is 3.37. The van der Waals surface area contributed by atoms with Gasteiger partial charge in [0.15, 0.2) is 6.61 Å². The van der Waals surface area contributed by atoms with Crippen molar-refractivity contribution in [3.63, 3.8) is 0 Å². The molecule has 0 bridgehead atoms. The lowest BCUT2D eigenvalue weighted by Gasteiger charge is -2.14. The first kappa shape index (κ1) is 19.1. The van der Waals surface area contributed by atoms with Crippen molar-refractivity contribution in [3.05, 3.63) is 41.4 Å². The van der Waals surface area contributed by atoms with Gasteiger partial charge < -0.3 is 10.1 Å². The summed E-state index contributed by atoms with van der Waals surface area (Å²) in [7, 11) is 0. The number of likely N-dealkylation sites (tertiary alicyclic amines) is 1. The molecule has 0 unspecified atom stereocenters. The van der Waals surface area contributed by atoms with Crippen molar-refractivity contribution in [2.75, 3.05) is 18.5 Å². The lowest BCUT2D eigenvalue weighted by Crippen LogP contribution is -2.33. The third-order valence-corrected chi connectivity index (χ3v) is 4.88. The highest BCUT2D eigenvalue weighted by Gasteiger charge is 2.46. The van der Waals surface area contributed by atoms with Gasteiger partial charge in [-0.1, -0.05) is 23.8 Å². The van der Waals surface area contributed by atoms with Crippen LogP contribution >= 0.6 is 11.6 Å². The Morgan fingerprint density at radius 2 is 1.67 bits per heavy atom. The third-order valence-electron chi connectivity index (χ3n) is 4.63. The largest absolute Gasteiger partial charge is 0.456 e. The average molecular weight is 391 g/mol. The fourth-order valence-electron chi connectivity index (χ4n) is 3.24. The number of fused-ring (bicyclic) bond motifs is 1. The van der Waals surface area contributed by atoms with E-state index in [4.69, 9.17) is 16.3 Å². The summed E-state index contributed by atoms with van der Waals surface area (Å²) in [4.78, 5) is 49.4. The van der Waals surface area contributed by atoms with E-state index in [1.54, 1.807) is 24.3 Å². The number of carbonyl (C=O) groups is 4. The van der Waals surface area contributed by atoms with Gasteiger partial charge in [0.25, 0.3) is 5.91 Å². The van der Waals surface area contributed by atoms with Crippen molar-refractivity contribution in [2.24, 2.45) is 11.8 Å². The van der Waals surface area contributed by atoms with Crippen LogP contribution in [0.3, 0.4) is 0 Å². The van der Waals surface area contributed by atoms with Gasteiger partial charge in [-0.05, 0) is 37.1 Å². The summed E-state index contributed by atoms with van der Waals surface area (Å²) in [5, 5.41) is 3.11. The Labute approximate surface area is 161 Å².